The van der Waals surface area contributed by atoms with Gasteiger partial charge in [0.2, 0.25) is 0 Å². The molecule has 0 fully saturated rings. The van der Waals surface area contributed by atoms with Crippen molar-refractivity contribution in [1.82, 2.24) is 0 Å². The molecule has 6 heteroatoms. The Balaban J connectivity index is 2.25. The van der Waals surface area contributed by atoms with E-state index in [0.29, 0.717) is 11.4 Å². The SMILES string of the molecule is Nc1cccc(NC(=O)C2([N+](=O)[O-])C=CC=CC2)c1. The molecule has 0 aromatic heterocycles. The van der Waals surface area contributed by atoms with Crippen LogP contribution >= 0.6 is 0 Å². The van der Waals surface area contributed by atoms with Gasteiger partial charge in [0.25, 0.3) is 0 Å². The third kappa shape index (κ3) is 2.47. The Bertz CT molecular complexity index is 580. The normalized spacial score (nSPS) is 21.1. The lowest BCUT2D eigenvalue weighted by molar-refractivity contribution is -0.536. The molecule has 1 amide bonds. The fourth-order valence-corrected chi connectivity index (χ4v) is 1.85. The Morgan fingerprint density at radius 1 is 1.42 bits per heavy atom. The first-order valence-electron chi connectivity index (χ1n) is 5.70. The molecule has 19 heavy (non-hydrogen) atoms. The lowest BCUT2D eigenvalue weighted by atomic mass is 9.91. The Kier molecular flexibility index (Phi) is 3.33. The summed E-state index contributed by atoms with van der Waals surface area (Å²) in [6, 6.07) is 6.51. The number of rotatable bonds is 3. The first kappa shape index (κ1) is 12.8. The minimum Gasteiger partial charge on any atom is -0.399 e. The van der Waals surface area contributed by atoms with E-state index in [-0.39, 0.29) is 6.42 Å². The second kappa shape index (κ2) is 4.93. The van der Waals surface area contributed by atoms with Crippen molar-refractivity contribution in [2.45, 2.75) is 12.0 Å². The number of carbonyl (C=O) groups excluding carboxylic acids is 1. The number of nitro groups is 1. The van der Waals surface area contributed by atoms with E-state index in [1.807, 2.05) is 0 Å². The van der Waals surface area contributed by atoms with E-state index in [1.54, 1.807) is 36.4 Å². The van der Waals surface area contributed by atoms with E-state index >= 15 is 0 Å². The molecule has 98 valence electrons. The average Bonchev–Trinajstić information content (AvgIpc) is 2.39. The number of nitrogens with one attached hydrogen (secondary N) is 1. The summed E-state index contributed by atoms with van der Waals surface area (Å²) in [5.41, 5.74) is 4.76. The number of allylic oxidation sites excluding steroid dienone is 2. The summed E-state index contributed by atoms with van der Waals surface area (Å²) in [5, 5.41) is 13.7. The summed E-state index contributed by atoms with van der Waals surface area (Å²) in [6.45, 7) is 0. The first-order valence-corrected chi connectivity index (χ1v) is 5.70. The van der Waals surface area contributed by atoms with Crippen molar-refractivity contribution in [2.24, 2.45) is 0 Å². The number of anilines is 2. The number of nitrogens with zero attached hydrogens (tertiary/aromatic N) is 1. The summed E-state index contributed by atoms with van der Waals surface area (Å²) < 4.78 is 0. The third-order valence-corrected chi connectivity index (χ3v) is 2.91. The van der Waals surface area contributed by atoms with E-state index in [2.05, 4.69) is 5.32 Å². The van der Waals surface area contributed by atoms with Crippen LogP contribution in [0.1, 0.15) is 6.42 Å². The summed E-state index contributed by atoms with van der Waals surface area (Å²) in [6.07, 6.45) is 6.11. The second-order valence-corrected chi connectivity index (χ2v) is 4.25. The van der Waals surface area contributed by atoms with E-state index < -0.39 is 16.4 Å². The Labute approximate surface area is 109 Å². The molecule has 0 spiro atoms. The highest BCUT2D eigenvalue weighted by atomic mass is 16.6. The standard InChI is InChI=1S/C13H13N3O3/c14-10-5-4-6-11(9-10)15-12(17)13(16(18)19)7-2-1-3-8-13/h1-7,9H,8,14H2,(H,15,17). The lowest BCUT2D eigenvalue weighted by Gasteiger charge is -2.21. The highest BCUT2D eigenvalue weighted by Gasteiger charge is 2.48. The van der Waals surface area contributed by atoms with Crippen LogP contribution in [0.4, 0.5) is 11.4 Å². The molecule has 1 atom stereocenters. The van der Waals surface area contributed by atoms with Gasteiger partial charge < -0.3 is 11.1 Å². The largest absolute Gasteiger partial charge is 0.399 e. The number of nitrogens with two attached hydrogens (primary N) is 1. The van der Waals surface area contributed by atoms with Gasteiger partial charge in [-0.25, -0.2) is 0 Å². The average molecular weight is 259 g/mol. The van der Waals surface area contributed by atoms with Gasteiger partial charge in [-0.2, -0.15) is 0 Å². The molecule has 6 nitrogen and oxygen atoms in total. The first-order chi connectivity index (χ1) is 9.04. The molecular weight excluding hydrogens is 246 g/mol. The highest BCUT2D eigenvalue weighted by molar-refractivity contribution is 5.99. The fourth-order valence-electron chi connectivity index (χ4n) is 1.85. The van der Waals surface area contributed by atoms with Crippen LogP contribution in [0.5, 0.6) is 0 Å². The maximum absolute atomic E-state index is 12.2. The van der Waals surface area contributed by atoms with Crippen LogP contribution in [0, 0.1) is 10.1 Å². The minimum absolute atomic E-state index is 0.0324. The van der Waals surface area contributed by atoms with Crippen LogP contribution in [0.15, 0.2) is 48.6 Å². The van der Waals surface area contributed by atoms with Crippen molar-refractivity contribution >= 4 is 17.3 Å². The molecule has 1 aliphatic rings. The Morgan fingerprint density at radius 2 is 2.21 bits per heavy atom. The molecule has 3 N–H and O–H groups in total. The van der Waals surface area contributed by atoms with Gasteiger partial charge >= 0.3 is 11.4 Å². The van der Waals surface area contributed by atoms with Crippen LogP contribution in [-0.4, -0.2) is 16.4 Å². The van der Waals surface area contributed by atoms with E-state index in [4.69, 9.17) is 5.73 Å². The van der Waals surface area contributed by atoms with Crippen molar-refractivity contribution in [3.8, 4) is 0 Å². The summed E-state index contributed by atoms with van der Waals surface area (Å²) >= 11 is 0. The van der Waals surface area contributed by atoms with Gasteiger partial charge in [0, 0.05) is 28.8 Å². The number of hydrogen-bond acceptors (Lipinski definition) is 4. The second-order valence-electron chi connectivity index (χ2n) is 4.25. The van der Waals surface area contributed by atoms with Crippen molar-refractivity contribution < 1.29 is 9.72 Å². The Hall–Kier alpha value is -2.63. The van der Waals surface area contributed by atoms with Gasteiger partial charge in [-0.1, -0.05) is 24.3 Å². The molecule has 0 saturated carbocycles. The summed E-state index contributed by atoms with van der Waals surface area (Å²) in [4.78, 5) is 22.8. The van der Waals surface area contributed by atoms with Crippen molar-refractivity contribution in [1.29, 1.82) is 0 Å². The topological polar surface area (TPSA) is 98.3 Å². The van der Waals surface area contributed by atoms with Gasteiger partial charge in [0.15, 0.2) is 0 Å². The number of hydrogen-bond donors (Lipinski definition) is 2. The molecule has 0 radical (unpaired) electrons. The fraction of sp³-hybridized carbons (Fsp3) is 0.154. The maximum atomic E-state index is 12.2. The predicted octanol–water partition coefficient (Wildman–Crippen LogP) is 1.74. The number of amides is 1. The van der Waals surface area contributed by atoms with Crippen LogP contribution in [0.2, 0.25) is 0 Å². The zero-order valence-corrected chi connectivity index (χ0v) is 10.1. The zero-order valence-electron chi connectivity index (χ0n) is 10.1. The molecule has 0 saturated heterocycles. The summed E-state index contributed by atoms with van der Waals surface area (Å²) in [7, 11) is 0. The van der Waals surface area contributed by atoms with Crippen LogP contribution < -0.4 is 11.1 Å². The van der Waals surface area contributed by atoms with Gasteiger partial charge in [0.05, 0.1) is 0 Å². The van der Waals surface area contributed by atoms with Crippen molar-refractivity contribution in [3.05, 3.63) is 58.7 Å². The monoisotopic (exact) mass is 259 g/mol. The Morgan fingerprint density at radius 3 is 2.79 bits per heavy atom. The maximum Gasteiger partial charge on any atom is 0.320 e. The number of benzene rings is 1. The van der Waals surface area contributed by atoms with E-state index in [0.717, 1.165) is 0 Å². The minimum atomic E-state index is -1.75. The molecule has 1 aromatic rings. The summed E-state index contributed by atoms with van der Waals surface area (Å²) in [5.74, 6) is -0.677. The molecule has 1 aliphatic carbocycles. The highest BCUT2D eigenvalue weighted by Crippen LogP contribution is 2.24. The molecule has 0 heterocycles. The number of carbonyl (C=O) groups is 1. The molecule has 2 rings (SSSR count). The molecular formula is C13H13N3O3. The van der Waals surface area contributed by atoms with Crippen molar-refractivity contribution in [3.63, 3.8) is 0 Å². The molecule has 0 bridgehead atoms. The van der Waals surface area contributed by atoms with E-state index in [9.17, 15) is 14.9 Å². The molecule has 1 unspecified atom stereocenters. The van der Waals surface area contributed by atoms with Crippen LogP contribution in [0.25, 0.3) is 0 Å². The zero-order chi connectivity index (χ0) is 13.9. The molecule has 0 aliphatic heterocycles. The molecule has 1 aromatic carbocycles. The number of nitrogen functional groups attached to an aromatic ring is 1. The van der Waals surface area contributed by atoms with Crippen LogP contribution in [-0.2, 0) is 4.79 Å². The van der Waals surface area contributed by atoms with Crippen LogP contribution in [0.3, 0.4) is 0 Å². The van der Waals surface area contributed by atoms with Crippen molar-refractivity contribution in [2.75, 3.05) is 11.1 Å². The third-order valence-electron chi connectivity index (χ3n) is 2.91. The van der Waals surface area contributed by atoms with E-state index in [1.165, 1.54) is 12.2 Å². The van der Waals surface area contributed by atoms with Gasteiger partial charge in [-0.05, 0) is 18.2 Å². The van der Waals surface area contributed by atoms with Gasteiger partial charge in [0.1, 0.15) is 0 Å². The van der Waals surface area contributed by atoms with Gasteiger partial charge in [-0.3, -0.25) is 14.9 Å². The quantitative estimate of drug-likeness (QED) is 0.490. The predicted molar refractivity (Wildman–Crippen MR) is 72.1 cm³/mol. The van der Waals surface area contributed by atoms with Gasteiger partial charge in [-0.15, -0.1) is 0 Å². The smallest absolute Gasteiger partial charge is 0.320 e. The lowest BCUT2D eigenvalue weighted by Crippen LogP contribution is -2.48.